The standard InChI is InChI=1S/C29H33ClF2N6O2/c1-5-23(40)37-11-13-38(14-12-37)28-18-15-19(30)24(25-20(31)7-6-8-21(25)39)26(32)27(18)33-22(34-28)9-10-36-16-29(2,17-36)35(3)4/h5-8,15,39H,1,9-14,16-17H2,2-4H3. The van der Waals surface area contributed by atoms with Crippen molar-refractivity contribution >= 4 is 34.2 Å². The van der Waals surface area contributed by atoms with Crippen LogP contribution in [0.4, 0.5) is 14.6 Å². The maximum Gasteiger partial charge on any atom is 0.246 e. The first kappa shape index (κ1) is 28.2. The van der Waals surface area contributed by atoms with Crippen molar-refractivity contribution in [2.24, 2.45) is 0 Å². The largest absolute Gasteiger partial charge is 0.507 e. The van der Waals surface area contributed by atoms with E-state index in [0.717, 1.165) is 19.2 Å². The third-order valence-electron chi connectivity index (χ3n) is 8.08. The number of anilines is 1. The maximum atomic E-state index is 16.2. The van der Waals surface area contributed by atoms with Crippen molar-refractivity contribution in [3.05, 3.63) is 59.4 Å². The number of halogens is 3. The van der Waals surface area contributed by atoms with Crippen LogP contribution in [0.1, 0.15) is 12.7 Å². The van der Waals surface area contributed by atoms with E-state index < -0.39 is 17.4 Å². The van der Waals surface area contributed by atoms with Crippen LogP contribution in [-0.2, 0) is 11.2 Å². The minimum Gasteiger partial charge on any atom is -0.507 e. The van der Waals surface area contributed by atoms with Crippen LogP contribution in [0.3, 0.4) is 0 Å². The van der Waals surface area contributed by atoms with E-state index in [0.29, 0.717) is 56.2 Å². The molecule has 212 valence electrons. The number of amides is 1. The van der Waals surface area contributed by atoms with Crippen molar-refractivity contribution in [1.82, 2.24) is 24.7 Å². The molecule has 8 nitrogen and oxygen atoms in total. The topological polar surface area (TPSA) is 76.0 Å². The van der Waals surface area contributed by atoms with Crippen LogP contribution < -0.4 is 4.90 Å². The molecule has 1 N–H and O–H groups in total. The van der Waals surface area contributed by atoms with E-state index in [-0.39, 0.29) is 33.1 Å². The highest BCUT2D eigenvalue weighted by atomic mass is 35.5. The number of piperazine rings is 1. The highest BCUT2D eigenvalue weighted by Gasteiger charge is 2.40. The second-order valence-corrected chi connectivity index (χ2v) is 11.3. The number of hydrogen-bond acceptors (Lipinski definition) is 7. The molecule has 0 saturated carbocycles. The third-order valence-corrected chi connectivity index (χ3v) is 8.37. The van der Waals surface area contributed by atoms with Crippen LogP contribution in [0.25, 0.3) is 22.0 Å². The van der Waals surface area contributed by atoms with Crippen LogP contribution in [-0.4, -0.2) is 101 Å². The highest BCUT2D eigenvalue weighted by molar-refractivity contribution is 6.34. The Morgan fingerprint density at radius 2 is 1.88 bits per heavy atom. The van der Waals surface area contributed by atoms with E-state index in [2.05, 4.69) is 42.4 Å². The van der Waals surface area contributed by atoms with E-state index in [1.807, 2.05) is 4.90 Å². The number of phenols is 1. The monoisotopic (exact) mass is 570 g/mol. The van der Waals surface area contributed by atoms with Crippen molar-refractivity contribution in [2.45, 2.75) is 18.9 Å². The summed E-state index contributed by atoms with van der Waals surface area (Å²) in [5, 5.41) is 10.7. The Bertz CT molecular complexity index is 1450. The number of hydrogen-bond donors (Lipinski definition) is 1. The van der Waals surface area contributed by atoms with Gasteiger partial charge in [0.15, 0.2) is 5.82 Å². The lowest BCUT2D eigenvalue weighted by atomic mass is 9.91. The zero-order valence-electron chi connectivity index (χ0n) is 22.9. The molecule has 2 aliphatic rings. The van der Waals surface area contributed by atoms with Crippen molar-refractivity contribution in [1.29, 1.82) is 0 Å². The lowest BCUT2D eigenvalue weighted by Crippen LogP contribution is -2.66. The Morgan fingerprint density at radius 1 is 1.18 bits per heavy atom. The number of fused-ring (bicyclic) bond motifs is 1. The van der Waals surface area contributed by atoms with Gasteiger partial charge in [-0.3, -0.25) is 9.69 Å². The molecular weight excluding hydrogens is 538 g/mol. The van der Waals surface area contributed by atoms with Gasteiger partial charge in [0.25, 0.3) is 0 Å². The molecule has 0 radical (unpaired) electrons. The van der Waals surface area contributed by atoms with Crippen LogP contribution >= 0.6 is 11.6 Å². The van der Waals surface area contributed by atoms with Crippen LogP contribution in [0.15, 0.2) is 36.9 Å². The van der Waals surface area contributed by atoms with Gasteiger partial charge in [-0.1, -0.05) is 24.2 Å². The number of nitrogens with zero attached hydrogens (tertiary/aromatic N) is 6. The first-order valence-electron chi connectivity index (χ1n) is 13.2. The number of benzene rings is 2. The molecule has 2 aliphatic heterocycles. The average molecular weight is 571 g/mol. The number of aromatic nitrogens is 2. The molecular formula is C29H33ClF2N6O2. The van der Waals surface area contributed by atoms with E-state index in [4.69, 9.17) is 16.6 Å². The van der Waals surface area contributed by atoms with Gasteiger partial charge in [0.05, 0.1) is 10.6 Å². The number of phenolic OH excluding ortho intramolecular Hbond substituents is 1. The van der Waals surface area contributed by atoms with Gasteiger partial charge in [0.2, 0.25) is 5.91 Å². The van der Waals surface area contributed by atoms with Gasteiger partial charge >= 0.3 is 0 Å². The minimum absolute atomic E-state index is 0.00777. The molecule has 3 heterocycles. The summed E-state index contributed by atoms with van der Waals surface area (Å²) in [6.07, 6.45) is 1.78. The Morgan fingerprint density at radius 3 is 2.50 bits per heavy atom. The second-order valence-electron chi connectivity index (χ2n) is 10.9. The molecule has 1 aromatic heterocycles. The first-order valence-corrected chi connectivity index (χ1v) is 13.6. The Labute approximate surface area is 237 Å². The number of carbonyl (C=O) groups is 1. The van der Waals surface area contributed by atoms with E-state index in [1.165, 1.54) is 24.3 Å². The number of likely N-dealkylation sites (tertiary alicyclic amines) is 1. The van der Waals surface area contributed by atoms with Gasteiger partial charge in [-0.05, 0) is 45.3 Å². The quantitative estimate of drug-likeness (QED) is 0.431. The molecule has 0 bridgehead atoms. The molecule has 0 spiro atoms. The van der Waals surface area contributed by atoms with Gasteiger partial charge in [-0.2, -0.15) is 0 Å². The lowest BCUT2D eigenvalue weighted by molar-refractivity contribution is -0.126. The van der Waals surface area contributed by atoms with E-state index in [1.54, 1.807) is 4.90 Å². The summed E-state index contributed by atoms with van der Waals surface area (Å²) < 4.78 is 31.0. The van der Waals surface area contributed by atoms with E-state index >= 15 is 4.39 Å². The fraction of sp³-hybridized carbons (Fsp3) is 0.414. The molecule has 0 unspecified atom stereocenters. The predicted octanol–water partition coefficient (Wildman–Crippen LogP) is 3.95. The molecule has 2 saturated heterocycles. The van der Waals surface area contributed by atoms with Crippen molar-refractivity contribution in [3.63, 3.8) is 0 Å². The Hall–Kier alpha value is -3.34. The molecule has 0 atom stereocenters. The summed E-state index contributed by atoms with van der Waals surface area (Å²) in [5.74, 6) is -1.21. The summed E-state index contributed by atoms with van der Waals surface area (Å²) in [5.41, 5.74) is -0.439. The predicted molar refractivity (Wildman–Crippen MR) is 153 cm³/mol. The summed E-state index contributed by atoms with van der Waals surface area (Å²) in [6, 6.07) is 5.30. The SMILES string of the molecule is C=CC(=O)N1CCN(c2nc(CCN3CC(C)(N(C)C)C3)nc3c(F)c(-c4c(O)cccc4F)c(Cl)cc23)CC1. The maximum absolute atomic E-state index is 16.2. The summed E-state index contributed by atoms with van der Waals surface area (Å²) >= 11 is 6.54. The van der Waals surface area contributed by atoms with Crippen molar-refractivity contribution in [2.75, 3.05) is 64.8 Å². The third kappa shape index (κ3) is 5.11. The smallest absolute Gasteiger partial charge is 0.246 e. The summed E-state index contributed by atoms with van der Waals surface area (Å²) in [4.78, 5) is 29.7. The minimum atomic E-state index is -0.822. The molecule has 40 heavy (non-hydrogen) atoms. The molecule has 2 aromatic carbocycles. The fourth-order valence-corrected chi connectivity index (χ4v) is 5.74. The van der Waals surface area contributed by atoms with E-state index in [9.17, 15) is 14.3 Å². The van der Waals surface area contributed by atoms with Gasteiger partial charge < -0.3 is 19.8 Å². The van der Waals surface area contributed by atoms with Crippen molar-refractivity contribution in [3.8, 4) is 16.9 Å². The Kier molecular flexibility index (Phi) is 7.69. The first-order chi connectivity index (χ1) is 19.0. The zero-order valence-corrected chi connectivity index (χ0v) is 23.7. The number of likely N-dealkylation sites (N-methyl/N-ethyl adjacent to an activating group) is 1. The number of carbonyl (C=O) groups excluding carboxylic acids is 1. The molecule has 11 heteroatoms. The summed E-state index contributed by atoms with van der Waals surface area (Å²) in [7, 11) is 4.13. The Balaban J connectivity index is 1.54. The molecule has 2 fully saturated rings. The van der Waals surface area contributed by atoms with Crippen molar-refractivity contribution < 1.29 is 18.7 Å². The fourth-order valence-electron chi connectivity index (χ4n) is 5.45. The summed E-state index contributed by atoms with van der Waals surface area (Å²) in [6.45, 7) is 10.2. The van der Waals surface area contributed by atoms with Gasteiger partial charge in [-0.15, -0.1) is 0 Å². The highest BCUT2D eigenvalue weighted by Crippen LogP contribution is 2.42. The van der Waals surface area contributed by atoms with Gasteiger partial charge in [-0.25, -0.2) is 18.7 Å². The molecule has 3 aromatic rings. The van der Waals surface area contributed by atoms with Gasteiger partial charge in [0, 0.05) is 68.7 Å². The zero-order chi connectivity index (χ0) is 28.8. The normalized spacial score (nSPS) is 17.4. The second kappa shape index (κ2) is 10.9. The molecule has 5 rings (SSSR count). The van der Waals surface area contributed by atoms with Crippen LogP contribution in [0.2, 0.25) is 5.02 Å². The molecule has 1 amide bonds. The van der Waals surface area contributed by atoms with Crippen LogP contribution in [0, 0.1) is 11.6 Å². The van der Waals surface area contributed by atoms with Gasteiger partial charge in [0.1, 0.15) is 28.7 Å². The number of aromatic hydroxyl groups is 1. The lowest BCUT2D eigenvalue weighted by Gasteiger charge is -2.52. The molecule has 0 aliphatic carbocycles. The average Bonchev–Trinajstić information content (AvgIpc) is 2.91. The van der Waals surface area contributed by atoms with Crippen LogP contribution in [0.5, 0.6) is 5.75 Å². The number of rotatable bonds is 7.